The predicted octanol–water partition coefficient (Wildman–Crippen LogP) is 3.58. The van der Waals surface area contributed by atoms with Gasteiger partial charge in [-0.1, -0.05) is 37.6 Å². The van der Waals surface area contributed by atoms with Crippen molar-refractivity contribution in [1.82, 2.24) is 15.1 Å². The number of nitrogens with one attached hydrogen (secondary N) is 1. The molecule has 0 aliphatic heterocycles. The van der Waals surface area contributed by atoms with Crippen molar-refractivity contribution in [2.24, 2.45) is 5.92 Å². The first-order valence-corrected chi connectivity index (χ1v) is 6.96. The molecule has 0 saturated heterocycles. The van der Waals surface area contributed by atoms with Crippen LogP contribution in [0.15, 0.2) is 30.5 Å². The molecule has 1 heterocycles. The number of aryl methyl sites for hydroxylation is 1. The van der Waals surface area contributed by atoms with Crippen molar-refractivity contribution in [3.05, 3.63) is 46.7 Å². The van der Waals surface area contributed by atoms with Gasteiger partial charge in [-0.15, -0.1) is 0 Å². The second kappa shape index (κ2) is 6.22. The van der Waals surface area contributed by atoms with Gasteiger partial charge in [0.25, 0.3) is 0 Å². The van der Waals surface area contributed by atoms with Gasteiger partial charge in [0.2, 0.25) is 0 Å². The second-order valence-electron chi connectivity index (χ2n) is 5.17. The number of nitrogens with zero attached hydrogens (tertiary/aromatic N) is 2. The molecule has 0 unspecified atom stereocenters. The lowest BCUT2D eigenvalue weighted by molar-refractivity contribution is 0.551. The number of hydrogen-bond acceptors (Lipinski definition) is 2. The molecule has 102 valence electrons. The molecule has 1 aromatic heterocycles. The van der Waals surface area contributed by atoms with E-state index in [0.717, 1.165) is 35.1 Å². The molecule has 2 rings (SSSR count). The van der Waals surface area contributed by atoms with Crippen LogP contribution in [0.1, 0.15) is 25.1 Å². The average molecular weight is 278 g/mol. The first-order valence-electron chi connectivity index (χ1n) is 6.58. The van der Waals surface area contributed by atoms with Crippen LogP contribution in [-0.2, 0) is 6.54 Å². The highest BCUT2D eigenvalue weighted by Crippen LogP contribution is 2.24. The Hall–Kier alpha value is -1.32. The summed E-state index contributed by atoms with van der Waals surface area (Å²) in [5.74, 6) is 0.634. The predicted molar refractivity (Wildman–Crippen MR) is 79.9 cm³/mol. The van der Waals surface area contributed by atoms with Crippen molar-refractivity contribution in [2.45, 2.75) is 27.3 Å². The van der Waals surface area contributed by atoms with Crippen molar-refractivity contribution >= 4 is 11.6 Å². The summed E-state index contributed by atoms with van der Waals surface area (Å²) in [4.78, 5) is 0. The summed E-state index contributed by atoms with van der Waals surface area (Å²) in [5, 5.41) is 8.62. The smallest absolute Gasteiger partial charge is 0.0876 e. The number of halogens is 1. The Labute approximate surface area is 119 Å². The van der Waals surface area contributed by atoms with E-state index < -0.39 is 0 Å². The standard InChI is InChI=1S/C15H20ClN3/c1-11(2)9-17-10-13-5-4-6-14(16)15(13)19-8-7-12(3)18-19/h4-8,11,17H,9-10H2,1-3H3. The van der Waals surface area contributed by atoms with Crippen molar-refractivity contribution in [3.63, 3.8) is 0 Å². The Bertz CT molecular complexity index is 546. The SMILES string of the molecule is Cc1ccn(-c2c(Cl)cccc2CNCC(C)C)n1. The van der Waals surface area contributed by atoms with Crippen molar-refractivity contribution < 1.29 is 0 Å². The maximum absolute atomic E-state index is 6.33. The monoisotopic (exact) mass is 277 g/mol. The van der Waals surface area contributed by atoms with Crippen LogP contribution in [0.5, 0.6) is 0 Å². The average Bonchev–Trinajstić information content (AvgIpc) is 2.75. The summed E-state index contributed by atoms with van der Waals surface area (Å²) in [6, 6.07) is 7.95. The number of hydrogen-bond donors (Lipinski definition) is 1. The minimum Gasteiger partial charge on any atom is -0.312 e. The molecule has 0 spiro atoms. The molecular formula is C15H20ClN3. The maximum atomic E-state index is 6.33. The van der Waals surface area contributed by atoms with Gasteiger partial charge in [-0.3, -0.25) is 0 Å². The van der Waals surface area contributed by atoms with E-state index in [0.29, 0.717) is 5.92 Å². The van der Waals surface area contributed by atoms with Crippen molar-refractivity contribution in [1.29, 1.82) is 0 Å². The molecule has 1 N–H and O–H groups in total. The minimum atomic E-state index is 0.634. The van der Waals surface area contributed by atoms with E-state index >= 15 is 0 Å². The van der Waals surface area contributed by atoms with Crippen LogP contribution in [-0.4, -0.2) is 16.3 Å². The number of rotatable bonds is 5. The molecule has 0 atom stereocenters. The lowest BCUT2D eigenvalue weighted by Gasteiger charge is -2.13. The molecule has 0 bridgehead atoms. The van der Waals surface area contributed by atoms with E-state index in [9.17, 15) is 0 Å². The third kappa shape index (κ3) is 3.58. The number of benzene rings is 1. The van der Waals surface area contributed by atoms with Gasteiger partial charge < -0.3 is 5.32 Å². The molecule has 19 heavy (non-hydrogen) atoms. The fourth-order valence-electron chi connectivity index (χ4n) is 1.99. The first kappa shape index (κ1) is 14.1. The Kier molecular flexibility index (Phi) is 4.61. The zero-order valence-corrected chi connectivity index (χ0v) is 12.4. The molecule has 0 amide bonds. The normalized spacial score (nSPS) is 11.2. The summed E-state index contributed by atoms with van der Waals surface area (Å²) in [6.07, 6.45) is 1.95. The fourth-order valence-corrected chi connectivity index (χ4v) is 2.28. The maximum Gasteiger partial charge on any atom is 0.0876 e. The zero-order valence-electron chi connectivity index (χ0n) is 11.7. The van der Waals surface area contributed by atoms with Gasteiger partial charge in [0.1, 0.15) is 0 Å². The molecule has 2 aromatic rings. The summed E-state index contributed by atoms with van der Waals surface area (Å²) >= 11 is 6.33. The van der Waals surface area contributed by atoms with Gasteiger partial charge in [0, 0.05) is 12.7 Å². The lowest BCUT2D eigenvalue weighted by Crippen LogP contribution is -2.20. The van der Waals surface area contributed by atoms with Gasteiger partial charge >= 0.3 is 0 Å². The molecule has 0 saturated carbocycles. The van der Waals surface area contributed by atoms with E-state index in [4.69, 9.17) is 11.6 Å². The molecule has 0 aliphatic carbocycles. The van der Waals surface area contributed by atoms with Crippen LogP contribution >= 0.6 is 11.6 Å². The van der Waals surface area contributed by atoms with Crippen LogP contribution in [0.4, 0.5) is 0 Å². The topological polar surface area (TPSA) is 29.9 Å². The highest BCUT2D eigenvalue weighted by molar-refractivity contribution is 6.32. The highest BCUT2D eigenvalue weighted by Gasteiger charge is 2.10. The van der Waals surface area contributed by atoms with Gasteiger partial charge in [0.05, 0.1) is 16.4 Å². The first-order chi connectivity index (χ1) is 9.08. The fraction of sp³-hybridized carbons (Fsp3) is 0.400. The van der Waals surface area contributed by atoms with E-state index in [1.807, 2.05) is 36.0 Å². The summed E-state index contributed by atoms with van der Waals surface area (Å²) < 4.78 is 1.85. The van der Waals surface area contributed by atoms with Gasteiger partial charge in [-0.2, -0.15) is 5.10 Å². The summed E-state index contributed by atoms with van der Waals surface area (Å²) in [7, 11) is 0. The Morgan fingerprint density at radius 3 is 2.74 bits per heavy atom. The third-order valence-electron chi connectivity index (χ3n) is 2.89. The van der Waals surface area contributed by atoms with E-state index in [1.54, 1.807) is 0 Å². The zero-order chi connectivity index (χ0) is 13.8. The van der Waals surface area contributed by atoms with Crippen LogP contribution < -0.4 is 5.32 Å². The molecule has 0 aliphatic rings. The second-order valence-corrected chi connectivity index (χ2v) is 5.58. The van der Waals surface area contributed by atoms with E-state index in [-0.39, 0.29) is 0 Å². The quantitative estimate of drug-likeness (QED) is 0.905. The third-order valence-corrected chi connectivity index (χ3v) is 3.19. The molecule has 3 nitrogen and oxygen atoms in total. The van der Waals surface area contributed by atoms with Gasteiger partial charge in [0.15, 0.2) is 0 Å². The Morgan fingerprint density at radius 2 is 2.11 bits per heavy atom. The minimum absolute atomic E-state index is 0.634. The molecule has 0 fully saturated rings. The van der Waals surface area contributed by atoms with Crippen molar-refractivity contribution in [2.75, 3.05) is 6.54 Å². The van der Waals surface area contributed by atoms with Crippen LogP contribution in [0.25, 0.3) is 5.69 Å². The van der Waals surface area contributed by atoms with Crippen LogP contribution in [0, 0.1) is 12.8 Å². The number of para-hydroxylation sites is 1. The molecule has 1 aromatic carbocycles. The lowest BCUT2D eigenvalue weighted by atomic mass is 10.1. The van der Waals surface area contributed by atoms with Gasteiger partial charge in [-0.25, -0.2) is 4.68 Å². The molecule has 0 radical (unpaired) electrons. The highest BCUT2D eigenvalue weighted by atomic mass is 35.5. The Morgan fingerprint density at radius 1 is 1.32 bits per heavy atom. The Balaban J connectivity index is 2.26. The van der Waals surface area contributed by atoms with E-state index in [2.05, 4.69) is 30.3 Å². The van der Waals surface area contributed by atoms with Crippen molar-refractivity contribution in [3.8, 4) is 5.69 Å². The largest absolute Gasteiger partial charge is 0.312 e. The van der Waals surface area contributed by atoms with E-state index in [1.165, 1.54) is 0 Å². The van der Waals surface area contributed by atoms with Crippen LogP contribution in [0.2, 0.25) is 5.02 Å². The number of aromatic nitrogens is 2. The molecular weight excluding hydrogens is 258 g/mol. The van der Waals surface area contributed by atoms with Crippen LogP contribution in [0.3, 0.4) is 0 Å². The molecule has 4 heteroatoms. The summed E-state index contributed by atoms with van der Waals surface area (Å²) in [6.45, 7) is 8.16. The summed E-state index contributed by atoms with van der Waals surface area (Å²) in [5.41, 5.74) is 3.12. The van der Waals surface area contributed by atoms with Gasteiger partial charge in [-0.05, 0) is 37.1 Å².